The van der Waals surface area contributed by atoms with Crippen molar-refractivity contribution in [2.75, 3.05) is 32.8 Å². The van der Waals surface area contributed by atoms with Crippen LogP contribution in [0.15, 0.2) is 12.4 Å². The van der Waals surface area contributed by atoms with Gasteiger partial charge >= 0.3 is 0 Å². The van der Waals surface area contributed by atoms with E-state index in [1.54, 1.807) is 0 Å². The van der Waals surface area contributed by atoms with E-state index in [1.807, 2.05) is 17.9 Å². The molecule has 0 radical (unpaired) electrons. The number of amides is 1. The van der Waals surface area contributed by atoms with E-state index < -0.39 is 0 Å². The third kappa shape index (κ3) is 3.43. The van der Waals surface area contributed by atoms with Gasteiger partial charge in [0.15, 0.2) is 0 Å². The second-order valence-electron chi connectivity index (χ2n) is 7.49. The van der Waals surface area contributed by atoms with Crippen LogP contribution in [-0.2, 0) is 23.1 Å². The van der Waals surface area contributed by atoms with Crippen LogP contribution >= 0.6 is 0 Å². The Morgan fingerprint density at radius 1 is 1.35 bits per heavy atom. The number of carbonyl (C=O) groups is 1. The SMILES string of the molecule is Cn1cc(CN2CCC3(CC2)CN(CC2CC2)C(=O)CO3)cn1. The molecule has 0 unspecified atom stereocenters. The Morgan fingerprint density at radius 3 is 2.78 bits per heavy atom. The summed E-state index contributed by atoms with van der Waals surface area (Å²) >= 11 is 0. The number of ether oxygens (including phenoxy) is 1. The molecule has 0 bridgehead atoms. The first-order valence-corrected chi connectivity index (χ1v) is 8.74. The second-order valence-corrected chi connectivity index (χ2v) is 7.49. The first-order valence-electron chi connectivity index (χ1n) is 8.74. The van der Waals surface area contributed by atoms with Crippen LogP contribution in [0, 0.1) is 5.92 Å². The number of aromatic nitrogens is 2. The van der Waals surface area contributed by atoms with E-state index >= 15 is 0 Å². The number of morpholine rings is 1. The minimum atomic E-state index is -0.103. The monoisotopic (exact) mass is 318 g/mol. The van der Waals surface area contributed by atoms with Gasteiger partial charge in [0.05, 0.1) is 11.8 Å². The average Bonchev–Trinajstić information content (AvgIpc) is 3.27. The molecule has 0 aromatic carbocycles. The van der Waals surface area contributed by atoms with Crippen molar-refractivity contribution in [3.63, 3.8) is 0 Å². The summed E-state index contributed by atoms with van der Waals surface area (Å²) in [4.78, 5) is 16.6. The molecule has 1 saturated carbocycles. The van der Waals surface area contributed by atoms with E-state index in [4.69, 9.17) is 4.74 Å². The molecule has 0 N–H and O–H groups in total. The molecule has 1 amide bonds. The largest absolute Gasteiger partial charge is 0.363 e. The minimum Gasteiger partial charge on any atom is -0.363 e. The van der Waals surface area contributed by atoms with Gasteiger partial charge in [0.2, 0.25) is 5.91 Å². The Labute approximate surface area is 137 Å². The molecule has 0 atom stereocenters. The van der Waals surface area contributed by atoms with Crippen LogP contribution in [0.4, 0.5) is 0 Å². The highest BCUT2D eigenvalue weighted by Gasteiger charge is 2.43. The minimum absolute atomic E-state index is 0.103. The lowest BCUT2D eigenvalue weighted by molar-refractivity contribution is -0.172. The molecular weight excluding hydrogens is 292 g/mol. The van der Waals surface area contributed by atoms with Crippen molar-refractivity contribution in [3.8, 4) is 0 Å². The summed E-state index contributed by atoms with van der Waals surface area (Å²) in [6.45, 7) is 5.02. The van der Waals surface area contributed by atoms with Crippen LogP contribution in [0.3, 0.4) is 0 Å². The Bertz CT molecular complexity index is 573. The molecule has 6 nitrogen and oxygen atoms in total. The zero-order valence-corrected chi connectivity index (χ0v) is 13.9. The van der Waals surface area contributed by atoms with Gasteiger partial charge in [-0.25, -0.2) is 0 Å². The normalized spacial score (nSPS) is 25.3. The van der Waals surface area contributed by atoms with Crippen LogP contribution in [0.2, 0.25) is 0 Å². The van der Waals surface area contributed by atoms with Gasteiger partial charge in [-0.2, -0.15) is 5.10 Å². The first-order chi connectivity index (χ1) is 11.1. The number of aryl methyl sites for hydroxylation is 1. The van der Waals surface area contributed by atoms with Gasteiger partial charge in [-0.15, -0.1) is 0 Å². The molecule has 23 heavy (non-hydrogen) atoms. The van der Waals surface area contributed by atoms with Gasteiger partial charge in [0.1, 0.15) is 6.61 Å². The van der Waals surface area contributed by atoms with Gasteiger partial charge in [-0.1, -0.05) is 0 Å². The lowest BCUT2D eigenvalue weighted by atomic mass is 9.89. The number of hydrogen-bond donors (Lipinski definition) is 0. The standard InChI is InChI=1S/C17H26N4O2/c1-19-9-15(8-18-19)10-20-6-4-17(5-7-20)13-21(11-14-2-3-14)16(22)12-23-17/h8-9,14H,2-7,10-13H2,1H3. The van der Waals surface area contributed by atoms with E-state index in [0.717, 1.165) is 51.5 Å². The van der Waals surface area contributed by atoms with Crippen LogP contribution < -0.4 is 0 Å². The van der Waals surface area contributed by atoms with E-state index in [2.05, 4.69) is 21.1 Å². The lowest BCUT2D eigenvalue weighted by Gasteiger charge is -2.47. The number of piperidine rings is 1. The number of rotatable bonds is 4. The Hall–Kier alpha value is -1.40. The highest BCUT2D eigenvalue weighted by Crippen LogP contribution is 2.34. The molecule has 4 rings (SSSR count). The summed E-state index contributed by atoms with van der Waals surface area (Å²) in [5.41, 5.74) is 1.16. The zero-order valence-electron chi connectivity index (χ0n) is 13.9. The molecule has 126 valence electrons. The number of likely N-dealkylation sites (tertiary alicyclic amines) is 1. The Morgan fingerprint density at radius 2 is 2.13 bits per heavy atom. The second kappa shape index (κ2) is 5.91. The Kier molecular flexibility index (Phi) is 3.89. The summed E-state index contributed by atoms with van der Waals surface area (Å²) in [5.74, 6) is 0.931. The van der Waals surface area contributed by atoms with Crippen molar-refractivity contribution in [2.45, 2.75) is 37.8 Å². The molecule has 3 fully saturated rings. The van der Waals surface area contributed by atoms with E-state index in [0.29, 0.717) is 0 Å². The highest BCUT2D eigenvalue weighted by molar-refractivity contribution is 5.78. The third-order valence-electron chi connectivity index (χ3n) is 5.44. The molecule has 6 heteroatoms. The number of carbonyl (C=O) groups excluding carboxylic acids is 1. The molecule has 2 saturated heterocycles. The first kappa shape index (κ1) is 15.1. The van der Waals surface area contributed by atoms with Crippen LogP contribution in [0.1, 0.15) is 31.2 Å². The third-order valence-corrected chi connectivity index (χ3v) is 5.44. The quantitative estimate of drug-likeness (QED) is 0.832. The highest BCUT2D eigenvalue weighted by atomic mass is 16.5. The van der Waals surface area contributed by atoms with Crippen molar-refractivity contribution < 1.29 is 9.53 Å². The number of nitrogens with zero attached hydrogens (tertiary/aromatic N) is 4. The van der Waals surface area contributed by atoms with E-state index in [9.17, 15) is 4.79 Å². The smallest absolute Gasteiger partial charge is 0.248 e. The molecule has 1 spiro atoms. The van der Waals surface area contributed by atoms with Crippen molar-refractivity contribution >= 4 is 5.91 Å². The molecule has 3 heterocycles. The predicted molar refractivity (Wildman–Crippen MR) is 85.7 cm³/mol. The van der Waals surface area contributed by atoms with Gasteiger partial charge in [-0.3, -0.25) is 14.4 Å². The zero-order chi connectivity index (χ0) is 15.9. The lowest BCUT2D eigenvalue weighted by Crippen LogP contribution is -2.58. The van der Waals surface area contributed by atoms with Crippen molar-refractivity contribution in [2.24, 2.45) is 13.0 Å². The fourth-order valence-electron chi connectivity index (χ4n) is 3.80. The Balaban J connectivity index is 1.33. The van der Waals surface area contributed by atoms with E-state index in [1.165, 1.54) is 18.4 Å². The van der Waals surface area contributed by atoms with Gasteiger partial charge < -0.3 is 9.64 Å². The summed E-state index contributed by atoms with van der Waals surface area (Å²) in [5, 5.41) is 4.24. The summed E-state index contributed by atoms with van der Waals surface area (Å²) in [6, 6.07) is 0. The summed E-state index contributed by atoms with van der Waals surface area (Å²) < 4.78 is 7.87. The van der Waals surface area contributed by atoms with Crippen LogP contribution in [0.25, 0.3) is 0 Å². The molecule has 1 aromatic rings. The summed E-state index contributed by atoms with van der Waals surface area (Å²) in [7, 11) is 1.95. The van der Waals surface area contributed by atoms with Crippen LogP contribution in [0.5, 0.6) is 0 Å². The van der Waals surface area contributed by atoms with Gasteiger partial charge in [0.25, 0.3) is 0 Å². The summed E-state index contributed by atoms with van der Waals surface area (Å²) in [6.07, 6.45) is 8.63. The van der Waals surface area contributed by atoms with Gasteiger partial charge in [0, 0.05) is 51.5 Å². The maximum absolute atomic E-state index is 12.1. The molecular formula is C17H26N4O2. The van der Waals surface area contributed by atoms with Crippen molar-refractivity contribution in [1.29, 1.82) is 0 Å². The maximum atomic E-state index is 12.1. The molecule has 2 aliphatic heterocycles. The van der Waals surface area contributed by atoms with Crippen molar-refractivity contribution in [1.82, 2.24) is 19.6 Å². The van der Waals surface area contributed by atoms with Gasteiger partial charge in [-0.05, 0) is 31.6 Å². The van der Waals surface area contributed by atoms with Crippen molar-refractivity contribution in [3.05, 3.63) is 18.0 Å². The molecule has 3 aliphatic rings. The fourth-order valence-corrected chi connectivity index (χ4v) is 3.80. The topological polar surface area (TPSA) is 50.6 Å². The number of hydrogen-bond acceptors (Lipinski definition) is 4. The maximum Gasteiger partial charge on any atom is 0.248 e. The van der Waals surface area contributed by atoms with E-state index in [-0.39, 0.29) is 18.1 Å². The molecule has 1 aromatic heterocycles. The fraction of sp³-hybridized carbons (Fsp3) is 0.765. The average molecular weight is 318 g/mol. The predicted octanol–water partition coefficient (Wildman–Crippen LogP) is 1.02. The molecule has 1 aliphatic carbocycles. The van der Waals surface area contributed by atoms with Crippen LogP contribution in [-0.4, -0.2) is 63.9 Å².